The minimum atomic E-state index is 0.137. The van der Waals surface area contributed by atoms with Crippen LogP contribution < -0.4 is 4.74 Å². The molecule has 0 spiro atoms. The lowest BCUT2D eigenvalue weighted by molar-refractivity contribution is 0.0173. The van der Waals surface area contributed by atoms with Crippen molar-refractivity contribution in [3.05, 3.63) is 16.4 Å². The third kappa shape index (κ3) is 8.18. The molecule has 19 heavy (non-hydrogen) atoms. The Morgan fingerprint density at radius 2 is 1.42 bits per heavy atom. The highest BCUT2D eigenvalue weighted by Gasteiger charge is 2.02. The third-order valence-corrected chi connectivity index (χ3v) is 2.29. The number of ether oxygens (including phenoxy) is 4. The van der Waals surface area contributed by atoms with Crippen LogP contribution in [0.4, 0.5) is 0 Å². The van der Waals surface area contributed by atoms with Gasteiger partial charge in [0.25, 0.3) is 0 Å². The largest absolute Gasteiger partial charge is 0.461 e. The molecule has 0 N–H and O–H groups in total. The van der Waals surface area contributed by atoms with Crippen LogP contribution in [0.25, 0.3) is 0 Å². The molecule has 6 nitrogen and oxygen atoms in total. The molecule has 0 aliphatic carbocycles. The zero-order chi connectivity index (χ0) is 13.9. The minimum Gasteiger partial charge on any atom is -0.461 e. The predicted molar refractivity (Wildman–Crippen MR) is 71.1 cm³/mol. The second kappa shape index (κ2) is 10.2. The maximum absolute atomic E-state index is 5.70. The fraction of sp³-hybridized carbons (Fsp3) is 0.636. The van der Waals surface area contributed by atoms with Crippen molar-refractivity contribution >= 4 is 23.2 Å². The first-order chi connectivity index (χ1) is 9.22. The molecule has 0 fully saturated rings. The van der Waals surface area contributed by atoms with Gasteiger partial charge in [0.15, 0.2) is 0 Å². The van der Waals surface area contributed by atoms with Gasteiger partial charge in [0.1, 0.15) is 16.9 Å². The minimum absolute atomic E-state index is 0.137. The van der Waals surface area contributed by atoms with E-state index in [2.05, 4.69) is 9.97 Å². The van der Waals surface area contributed by atoms with Gasteiger partial charge >= 0.3 is 6.01 Å². The smallest absolute Gasteiger partial charge is 0.319 e. The van der Waals surface area contributed by atoms with Crippen LogP contribution in [0.5, 0.6) is 6.01 Å². The molecule has 0 unspecified atom stereocenters. The molecular weight excluding hydrogens is 295 g/mol. The lowest BCUT2D eigenvalue weighted by Gasteiger charge is -2.06. The molecule has 1 aromatic heterocycles. The molecule has 0 atom stereocenters. The van der Waals surface area contributed by atoms with Gasteiger partial charge in [-0.1, -0.05) is 23.2 Å². The molecule has 0 aliphatic rings. The van der Waals surface area contributed by atoms with Crippen molar-refractivity contribution in [1.82, 2.24) is 9.97 Å². The maximum atomic E-state index is 5.70. The van der Waals surface area contributed by atoms with Crippen molar-refractivity contribution in [3.63, 3.8) is 0 Å². The van der Waals surface area contributed by atoms with E-state index in [1.807, 2.05) is 0 Å². The van der Waals surface area contributed by atoms with Crippen molar-refractivity contribution < 1.29 is 18.9 Å². The van der Waals surface area contributed by atoms with Crippen molar-refractivity contribution in [2.24, 2.45) is 0 Å². The van der Waals surface area contributed by atoms with Crippen LogP contribution in [0, 0.1) is 0 Å². The summed E-state index contributed by atoms with van der Waals surface area (Å²) < 4.78 is 20.6. The van der Waals surface area contributed by atoms with Gasteiger partial charge in [-0.15, -0.1) is 0 Å². The molecule has 0 radical (unpaired) electrons. The van der Waals surface area contributed by atoms with Gasteiger partial charge in [-0.25, -0.2) is 0 Å². The van der Waals surface area contributed by atoms with Crippen molar-refractivity contribution in [1.29, 1.82) is 0 Å². The average Bonchev–Trinajstić information content (AvgIpc) is 2.36. The Kier molecular flexibility index (Phi) is 8.77. The quantitative estimate of drug-likeness (QED) is 0.485. The molecule has 108 valence electrons. The van der Waals surface area contributed by atoms with Crippen molar-refractivity contribution in [3.8, 4) is 6.01 Å². The van der Waals surface area contributed by atoms with E-state index in [0.717, 1.165) is 0 Å². The molecular formula is C11H16Cl2N2O4. The van der Waals surface area contributed by atoms with Crippen LogP contribution in [0.15, 0.2) is 6.07 Å². The molecule has 0 bridgehead atoms. The Morgan fingerprint density at radius 1 is 0.895 bits per heavy atom. The van der Waals surface area contributed by atoms with Gasteiger partial charge in [0, 0.05) is 13.2 Å². The maximum Gasteiger partial charge on any atom is 0.319 e. The molecule has 8 heteroatoms. The van der Waals surface area contributed by atoms with Gasteiger partial charge in [-0.2, -0.15) is 9.97 Å². The van der Waals surface area contributed by atoms with E-state index in [4.69, 9.17) is 42.1 Å². The molecule has 0 amide bonds. The second-order valence-electron chi connectivity index (χ2n) is 3.36. The van der Waals surface area contributed by atoms with Crippen molar-refractivity contribution in [2.75, 3.05) is 46.8 Å². The average molecular weight is 311 g/mol. The summed E-state index contributed by atoms with van der Waals surface area (Å²) in [7, 11) is 1.63. The zero-order valence-electron chi connectivity index (χ0n) is 10.6. The Hall–Kier alpha value is -0.660. The summed E-state index contributed by atoms with van der Waals surface area (Å²) in [5, 5.41) is 0.477. The highest BCUT2D eigenvalue weighted by Crippen LogP contribution is 2.15. The Balaban J connectivity index is 2.01. The molecule has 1 rings (SSSR count). The number of nitrogens with zero attached hydrogens (tertiary/aromatic N) is 2. The van der Waals surface area contributed by atoms with E-state index in [1.165, 1.54) is 6.07 Å². The summed E-state index contributed by atoms with van der Waals surface area (Å²) in [6, 6.07) is 1.57. The highest BCUT2D eigenvalue weighted by molar-refractivity contribution is 6.33. The topological polar surface area (TPSA) is 62.7 Å². The van der Waals surface area contributed by atoms with Crippen LogP contribution in [-0.4, -0.2) is 56.7 Å². The fourth-order valence-electron chi connectivity index (χ4n) is 1.09. The molecule has 0 aliphatic heterocycles. The first-order valence-corrected chi connectivity index (χ1v) is 6.45. The molecule has 0 aromatic carbocycles. The van der Waals surface area contributed by atoms with Crippen LogP contribution in [-0.2, 0) is 14.2 Å². The first-order valence-electron chi connectivity index (χ1n) is 5.69. The van der Waals surface area contributed by atoms with E-state index in [1.54, 1.807) is 7.11 Å². The molecule has 0 saturated heterocycles. The highest BCUT2D eigenvalue weighted by atomic mass is 35.5. The Bertz CT molecular complexity index is 348. The fourth-order valence-corrected chi connectivity index (χ4v) is 1.50. The number of rotatable bonds is 10. The zero-order valence-corrected chi connectivity index (χ0v) is 12.1. The van der Waals surface area contributed by atoms with Gasteiger partial charge in [0.2, 0.25) is 0 Å². The summed E-state index contributed by atoms with van der Waals surface area (Å²) in [5.74, 6) is 0. The standard InChI is InChI=1S/C11H16Cl2N2O4/c1-16-2-3-17-4-5-18-6-7-19-11-14-9(12)8-10(13)15-11/h8H,2-7H2,1H3. The number of hydrogen-bond donors (Lipinski definition) is 0. The summed E-state index contributed by atoms with van der Waals surface area (Å²) in [5.41, 5.74) is 0. The van der Waals surface area contributed by atoms with Crippen LogP contribution in [0.3, 0.4) is 0 Å². The Labute approximate surface area is 121 Å². The second-order valence-corrected chi connectivity index (χ2v) is 4.14. The molecule has 1 heterocycles. The predicted octanol–water partition coefficient (Wildman–Crippen LogP) is 1.84. The lowest BCUT2D eigenvalue weighted by Crippen LogP contribution is -2.13. The summed E-state index contributed by atoms with van der Waals surface area (Å²) in [6.07, 6.45) is 0. The van der Waals surface area contributed by atoms with Gasteiger partial charge < -0.3 is 18.9 Å². The molecule has 1 aromatic rings. The van der Waals surface area contributed by atoms with Crippen LogP contribution in [0.2, 0.25) is 10.3 Å². The summed E-state index contributed by atoms with van der Waals surface area (Å²) >= 11 is 11.4. The number of halogens is 2. The van der Waals surface area contributed by atoms with Crippen LogP contribution >= 0.6 is 23.2 Å². The van der Waals surface area contributed by atoms with Crippen LogP contribution in [0.1, 0.15) is 0 Å². The van der Waals surface area contributed by atoms with E-state index < -0.39 is 0 Å². The first kappa shape index (κ1) is 16.4. The number of aromatic nitrogens is 2. The summed E-state index contributed by atoms with van der Waals surface area (Å²) in [4.78, 5) is 7.71. The van der Waals surface area contributed by atoms with E-state index in [9.17, 15) is 0 Å². The van der Waals surface area contributed by atoms with Crippen molar-refractivity contribution in [2.45, 2.75) is 0 Å². The normalized spacial score (nSPS) is 10.7. The van der Waals surface area contributed by atoms with E-state index in [-0.39, 0.29) is 16.3 Å². The van der Waals surface area contributed by atoms with Gasteiger partial charge in [-0.3, -0.25) is 0 Å². The SMILES string of the molecule is COCCOCCOCCOc1nc(Cl)cc(Cl)n1. The van der Waals surface area contributed by atoms with E-state index in [0.29, 0.717) is 39.6 Å². The lowest BCUT2D eigenvalue weighted by atomic mass is 10.7. The summed E-state index contributed by atoms with van der Waals surface area (Å²) in [6.45, 7) is 2.87. The Morgan fingerprint density at radius 3 is 2.00 bits per heavy atom. The molecule has 0 saturated carbocycles. The van der Waals surface area contributed by atoms with Gasteiger partial charge in [-0.05, 0) is 0 Å². The number of hydrogen-bond acceptors (Lipinski definition) is 6. The number of methoxy groups -OCH3 is 1. The third-order valence-electron chi connectivity index (χ3n) is 1.91. The monoisotopic (exact) mass is 310 g/mol. The van der Waals surface area contributed by atoms with Gasteiger partial charge in [0.05, 0.1) is 33.0 Å². The van der Waals surface area contributed by atoms with E-state index >= 15 is 0 Å².